The van der Waals surface area contributed by atoms with Gasteiger partial charge in [-0.3, -0.25) is 0 Å². The molecule has 1 aromatic carbocycles. The van der Waals surface area contributed by atoms with E-state index in [9.17, 15) is 26.3 Å². The highest BCUT2D eigenvalue weighted by Crippen LogP contribution is 2.39. The molecule has 0 saturated carbocycles. The molecule has 0 saturated heterocycles. The maximum atomic E-state index is 13.1. The van der Waals surface area contributed by atoms with E-state index in [-0.39, 0.29) is 0 Å². The fraction of sp³-hybridized carbons (Fsp3) is 0.250. The lowest BCUT2D eigenvalue weighted by atomic mass is 10.2. The van der Waals surface area contributed by atoms with Gasteiger partial charge in [-0.15, -0.1) is 0 Å². The SMILES string of the molecule is Fc1c(OC(F)F)ccc(Cl)c1C(F)(F)F. The Hall–Kier alpha value is -1.11. The average molecular weight is 265 g/mol. The van der Waals surface area contributed by atoms with E-state index in [1.165, 1.54) is 0 Å². The van der Waals surface area contributed by atoms with E-state index in [4.69, 9.17) is 11.6 Å². The Kier molecular flexibility index (Phi) is 3.57. The summed E-state index contributed by atoms with van der Waals surface area (Å²) in [6.45, 7) is -3.42. The number of hydrogen-bond acceptors (Lipinski definition) is 1. The number of hydrogen-bond donors (Lipinski definition) is 0. The Balaban J connectivity index is 3.28. The predicted molar refractivity (Wildman–Crippen MR) is 43.0 cm³/mol. The predicted octanol–water partition coefficient (Wildman–Crippen LogP) is 4.10. The van der Waals surface area contributed by atoms with Crippen LogP contribution in [0.15, 0.2) is 12.1 Å². The van der Waals surface area contributed by atoms with Crippen LogP contribution in [0.2, 0.25) is 5.02 Å². The van der Waals surface area contributed by atoms with Crippen molar-refractivity contribution in [2.45, 2.75) is 12.8 Å². The van der Waals surface area contributed by atoms with Gasteiger partial charge in [-0.2, -0.15) is 22.0 Å². The Morgan fingerprint density at radius 2 is 1.75 bits per heavy atom. The lowest BCUT2D eigenvalue weighted by Crippen LogP contribution is -2.12. The molecular formula is C8H3ClF6O. The summed E-state index contributed by atoms with van der Waals surface area (Å²) in [5.74, 6) is -3.16. The smallest absolute Gasteiger partial charge is 0.420 e. The molecule has 0 aliphatic heterocycles. The van der Waals surface area contributed by atoms with Crippen LogP contribution in [0.25, 0.3) is 0 Å². The first-order valence-electron chi connectivity index (χ1n) is 3.73. The second-order valence-corrected chi connectivity index (χ2v) is 3.02. The third-order valence-corrected chi connectivity index (χ3v) is 1.87. The summed E-state index contributed by atoms with van der Waals surface area (Å²) in [5.41, 5.74) is -1.83. The minimum Gasteiger partial charge on any atom is -0.432 e. The summed E-state index contributed by atoms with van der Waals surface area (Å²) in [7, 11) is 0. The van der Waals surface area contributed by atoms with Gasteiger partial charge < -0.3 is 4.74 Å². The molecule has 0 heterocycles. The van der Waals surface area contributed by atoms with Crippen LogP contribution in [-0.4, -0.2) is 6.61 Å². The Morgan fingerprint density at radius 3 is 2.19 bits per heavy atom. The van der Waals surface area contributed by atoms with Crippen LogP contribution in [0.5, 0.6) is 5.75 Å². The van der Waals surface area contributed by atoms with Crippen molar-refractivity contribution in [3.63, 3.8) is 0 Å². The van der Waals surface area contributed by atoms with Gasteiger partial charge in [0.15, 0.2) is 11.6 Å². The molecule has 0 atom stereocenters. The van der Waals surface area contributed by atoms with Gasteiger partial charge in [-0.25, -0.2) is 4.39 Å². The molecule has 8 heteroatoms. The van der Waals surface area contributed by atoms with Crippen LogP contribution in [0.4, 0.5) is 26.3 Å². The van der Waals surface area contributed by atoms with Gasteiger partial charge in [0.2, 0.25) is 0 Å². The number of halogens is 7. The van der Waals surface area contributed by atoms with Crippen molar-refractivity contribution in [1.82, 2.24) is 0 Å². The summed E-state index contributed by atoms with van der Waals surface area (Å²) < 4.78 is 76.9. The van der Waals surface area contributed by atoms with E-state index in [0.717, 1.165) is 0 Å². The fourth-order valence-corrected chi connectivity index (χ4v) is 1.23. The largest absolute Gasteiger partial charge is 0.432 e. The molecule has 0 aliphatic rings. The normalized spacial score (nSPS) is 12.0. The second kappa shape index (κ2) is 4.40. The van der Waals surface area contributed by atoms with E-state index in [2.05, 4.69) is 4.74 Å². The van der Waals surface area contributed by atoms with Crippen molar-refractivity contribution in [1.29, 1.82) is 0 Å². The Morgan fingerprint density at radius 1 is 1.19 bits per heavy atom. The Bertz CT molecular complexity index is 389. The minimum atomic E-state index is -5.08. The molecule has 0 radical (unpaired) electrons. The molecule has 1 aromatic rings. The van der Waals surface area contributed by atoms with Gasteiger partial charge in [0.1, 0.15) is 5.56 Å². The first-order chi connectivity index (χ1) is 7.23. The van der Waals surface area contributed by atoms with Gasteiger partial charge in [-0.05, 0) is 12.1 Å². The van der Waals surface area contributed by atoms with Crippen molar-refractivity contribution < 1.29 is 31.1 Å². The van der Waals surface area contributed by atoms with Gasteiger partial charge in [0.05, 0.1) is 5.02 Å². The standard InChI is InChI=1S/C8H3ClF6O/c9-3-1-2-4(16-7(11)12)6(10)5(3)8(13,14)15/h1-2,7H. The second-order valence-electron chi connectivity index (χ2n) is 2.61. The number of alkyl halides is 5. The molecule has 0 unspecified atom stereocenters. The zero-order chi connectivity index (χ0) is 12.5. The molecule has 0 amide bonds. The summed E-state index contributed by atoms with van der Waals surface area (Å²) in [6.07, 6.45) is -5.08. The van der Waals surface area contributed by atoms with Crippen LogP contribution < -0.4 is 4.74 Å². The molecule has 0 spiro atoms. The molecule has 0 bridgehead atoms. The fourth-order valence-electron chi connectivity index (χ4n) is 0.980. The van der Waals surface area contributed by atoms with E-state index >= 15 is 0 Å². The number of ether oxygens (including phenoxy) is 1. The summed E-state index contributed by atoms with van der Waals surface area (Å²) in [5, 5.41) is -0.924. The molecule has 0 aliphatic carbocycles. The van der Waals surface area contributed by atoms with Crippen molar-refractivity contribution in [2.75, 3.05) is 0 Å². The van der Waals surface area contributed by atoms with Gasteiger partial charge in [0, 0.05) is 0 Å². The van der Waals surface area contributed by atoms with E-state index < -0.39 is 34.9 Å². The topological polar surface area (TPSA) is 9.23 Å². The molecule has 90 valence electrons. The third-order valence-electron chi connectivity index (χ3n) is 1.56. The zero-order valence-electron chi connectivity index (χ0n) is 7.29. The highest BCUT2D eigenvalue weighted by atomic mass is 35.5. The first-order valence-corrected chi connectivity index (χ1v) is 4.11. The molecule has 1 rings (SSSR count). The van der Waals surface area contributed by atoms with Crippen LogP contribution in [0.3, 0.4) is 0 Å². The lowest BCUT2D eigenvalue weighted by Gasteiger charge is -2.13. The minimum absolute atomic E-state index is 0.596. The molecule has 0 aromatic heterocycles. The average Bonchev–Trinajstić information content (AvgIpc) is 2.07. The molecule has 16 heavy (non-hydrogen) atoms. The number of rotatable bonds is 2. The van der Waals surface area contributed by atoms with E-state index in [1.807, 2.05) is 0 Å². The van der Waals surface area contributed by atoms with Crippen molar-refractivity contribution >= 4 is 11.6 Å². The molecule has 0 fully saturated rings. The maximum Gasteiger partial charge on any atom is 0.420 e. The lowest BCUT2D eigenvalue weighted by molar-refractivity contribution is -0.140. The molecule has 0 N–H and O–H groups in total. The van der Waals surface area contributed by atoms with Gasteiger partial charge >= 0.3 is 12.8 Å². The van der Waals surface area contributed by atoms with E-state index in [0.29, 0.717) is 12.1 Å². The highest BCUT2D eigenvalue weighted by Gasteiger charge is 2.38. The zero-order valence-corrected chi connectivity index (χ0v) is 8.04. The number of benzene rings is 1. The first kappa shape index (κ1) is 13.0. The summed E-state index contributed by atoms with van der Waals surface area (Å²) in [6, 6.07) is 1.23. The van der Waals surface area contributed by atoms with Crippen molar-refractivity contribution in [3.8, 4) is 5.75 Å². The van der Waals surface area contributed by atoms with Crippen molar-refractivity contribution in [2.24, 2.45) is 0 Å². The third kappa shape index (κ3) is 2.72. The maximum absolute atomic E-state index is 13.1. The van der Waals surface area contributed by atoms with Crippen molar-refractivity contribution in [3.05, 3.63) is 28.5 Å². The van der Waals surface area contributed by atoms with Crippen LogP contribution in [0, 0.1) is 5.82 Å². The van der Waals surface area contributed by atoms with Gasteiger partial charge in [-0.1, -0.05) is 11.6 Å². The van der Waals surface area contributed by atoms with Gasteiger partial charge in [0.25, 0.3) is 0 Å². The van der Waals surface area contributed by atoms with Crippen LogP contribution >= 0.6 is 11.6 Å². The van der Waals surface area contributed by atoms with E-state index in [1.54, 1.807) is 0 Å². The quantitative estimate of drug-likeness (QED) is 0.731. The highest BCUT2D eigenvalue weighted by molar-refractivity contribution is 6.31. The summed E-state index contributed by atoms with van der Waals surface area (Å²) in [4.78, 5) is 0. The van der Waals surface area contributed by atoms with Crippen LogP contribution in [-0.2, 0) is 6.18 Å². The monoisotopic (exact) mass is 264 g/mol. The van der Waals surface area contributed by atoms with Crippen LogP contribution in [0.1, 0.15) is 5.56 Å². The molecular weight excluding hydrogens is 262 g/mol. The molecule has 1 nitrogen and oxygen atoms in total. The Labute approximate surface area is 90.6 Å². The summed E-state index contributed by atoms with van der Waals surface area (Å²) >= 11 is 5.12.